The minimum absolute atomic E-state index is 0.555. The third kappa shape index (κ3) is 3.06. The normalized spacial score (nSPS) is 16.2. The van der Waals surface area contributed by atoms with Crippen LogP contribution in [0.2, 0.25) is 0 Å². The van der Waals surface area contributed by atoms with Crippen molar-refractivity contribution < 1.29 is 9.47 Å². The minimum Gasteiger partial charge on any atom is -0.335 e. The molecule has 0 radical (unpaired) electrons. The van der Waals surface area contributed by atoms with Crippen molar-refractivity contribution in [3.8, 4) is 11.4 Å². The molecular formula is C18H18N4O2S. The minimum atomic E-state index is -0.878. The highest BCUT2D eigenvalue weighted by Crippen LogP contribution is 2.45. The highest BCUT2D eigenvalue weighted by molar-refractivity contribution is 7.99. The smallest absolute Gasteiger partial charge is 0.253 e. The molecule has 0 atom stereocenters. The maximum atomic E-state index is 5.99. The van der Waals surface area contributed by atoms with E-state index in [0.717, 1.165) is 28.7 Å². The first-order valence-corrected chi connectivity index (χ1v) is 9.00. The topological polar surface area (TPSA) is 62.1 Å². The van der Waals surface area contributed by atoms with E-state index in [-0.39, 0.29) is 0 Å². The van der Waals surface area contributed by atoms with E-state index in [4.69, 9.17) is 9.47 Å². The zero-order chi connectivity index (χ0) is 17.1. The molecule has 128 valence electrons. The summed E-state index contributed by atoms with van der Waals surface area (Å²) < 4.78 is 14.1. The molecule has 1 saturated heterocycles. The Balaban J connectivity index is 1.71. The van der Waals surface area contributed by atoms with Gasteiger partial charge in [-0.15, -0.1) is 10.2 Å². The molecule has 7 heteroatoms. The van der Waals surface area contributed by atoms with Crippen LogP contribution in [0.15, 0.2) is 60.0 Å². The molecule has 0 N–H and O–H groups in total. The second kappa shape index (κ2) is 6.95. The van der Waals surface area contributed by atoms with Gasteiger partial charge in [0.05, 0.1) is 13.2 Å². The first-order valence-electron chi connectivity index (χ1n) is 8.18. The van der Waals surface area contributed by atoms with Crippen molar-refractivity contribution in [1.29, 1.82) is 0 Å². The summed E-state index contributed by atoms with van der Waals surface area (Å²) in [5.41, 5.74) is 1.95. The van der Waals surface area contributed by atoms with E-state index in [2.05, 4.69) is 26.7 Å². The van der Waals surface area contributed by atoms with Gasteiger partial charge < -0.3 is 14.0 Å². The maximum absolute atomic E-state index is 5.99. The molecule has 3 heterocycles. The third-order valence-corrected chi connectivity index (χ3v) is 5.22. The largest absolute Gasteiger partial charge is 0.335 e. The van der Waals surface area contributed by atoms with Crippen molar-refractivity contribution in [3.63, 3.8) is 0 Å². The lowest BCUT2D eigenvalue weighted by Gasteiger charge is -2.26. The summed E-state index contributed by atoms with van der Waals surface area (Å²) >= 11 is 1.45. The number of thioether (sulfide) groups is 1. The number of aromatic nitrogens is 4. The SMILES string of the molecule is CCn1c(SC2(c3ccccc3)OCCO2)nnc1-c1ccncc1. The lowest BCUT2D eigenvalue weighted by Crippen LogP contribution is -2.23. The highest BCUT2D eigenvalue weighted by atomic mass is 32.2. The van der Waals surface area contributed by atoms with Crippen LogP contribution in [0.1, 0.15) is 12.5 Å². The van der Waals surface area contributed by atoms with Gasteiger partial charge in [-0.1, -0.05) is 30.3 Å². The Bertz CT molecular complexity index is 833. The first kappa shape index (κ1) is 16.3. The van der Waals surface area contributed by atoms with Crippen LogP contribution in [-0.4, -0.2) is 33.0 Å². The number of ether oxygens (including phenoxy) is 2. The number of hydrogen-bond acceptors (Lipinski definition) is 6. The average molecular weight is 354 g/mol. The van der Waals surface area contributed by atoms with E-state index < -0.39 is 5.12 Å². The van der Waals surface area contributed by atoms with Crippen LogP contribution in [0, 0.1) is 0 Å². The first-order chi connectivity index (χ1) is 12.3. The summed E-state index contributed by atoms with van der Waals surface area (Å²) in [7, 11) is 0. The Hall–Kier alpha value is -2.22. The molecule has 0 unspecified atom stereocenters. The van der Waals surface area contributed by atoms with Crippen molar-refractivity contribution in [1.82, 2.24) is 19.7 Å². The van der Waals surface area contributed by atoms with Gasteiger partial charge in [0, 0.05) is 30.1 Å². The van der Waals surface area contributed by atoms with Crippen LogP contribution in [0.3, 0.4) is 0 Å². The Morgan fingerprint density at radius 2 is 1.76 bits per heavy atom. The van der Waals surface area contributed by atoms with Crippen LogP contribution < -0.4 is 0 Å². The van der Waals surface area contributed by atoms with Gasteiger partial charge in [0.2, 0.25) is 0 Å². The zero-order valence-corrected chi connectivity index (χ0v) is 14.6. The van der Waals surface area contributed by atoms with E-state index in [9.17, 15) is 0 Å². The summed E-state index contributed by atoms with van der Waals surface area (Å²) in [6.45, 7) is 3.93. The van der Waals surface area contributed by atoms with Gasteiger partial charge in [-0.3, -0.25) is 4.98 Å². The van der Waals surface area contributed by atoms with E-state index in [0.29, 0.717) is 13.2 Å². The number of rotatable bonds is 5. The Labute approximate surface area is 150 Å². The van der Waals surface area contributed by atoms with E-state index in [1.54, 1.807) is 12.4 Å². The molecule has 1 aromatic carbocycles. The van der Waals surface area contributed by atoms with E-state index >= 15 is 0 Å². The molecule has 2 aromatic heterocycles. The van der Waals surface area contributed by atoms with E-state index in [1.807, 2.05) is 42.5 Å². The molecule has 1 aliphatic heterocycles. The zero-order valence-electron chi connectivity index (χ0n) is 13.8. The molecule has 0 saturated carbocycles. The Morgan fingerprint density at radius 1 is 1.04 bits per heavy atom. The molecular weight excluding hydrogens is 336 g/mol. The van der Waals surface area contributed by atoms with Gasteiger partial charge in [0.25, 0.3) is 5.12 Å². The fourth-order valence-electron chi connectivity index (χ4n) is 2.80. The summed E-state index contributed by atoms with van der Waals surface area (Å²) in [4.78, 5) is 4.06. The molecule has 0 bridgehead atoms. The van der Waals surface area contributed by atoms with Crippen LogP contribution in [0.5, 0.6) is 0 Å². The average Bonchev–Trinajstić information content (AvgIpc) is 3.31. The third-order valence-electron chi connectivity index (χ3n) is 3.99. The lowest BCUT2D eigenvalue weighted by atomic mass is 10.2. The monoisotopic (exact) mass is 354 g/mol. The van der Waals surface area contributed by atoms with Crippen molar-refractivity contribution in [2.75, 3.05) is 13.2 Å². The van der Waals surface area contributed by atoms with Crippen LogP contribution in [0.25, 0.3) is 11.4 Å². The lowest BCUT2D eigenvalue weighted by molar-refractivity contribution is -0.0818. The van der Waals surface area contributed by atoms with Crippen molar-refractivity contribution in [2.45, 2.75) is 23.7 Å². The number of nitrogens with zero attached hydrogens (tertiary/aromatic N) is 4. The highest BCUT2D eigenvalue weighted by Gasteiger charge is 2.41. The second-order valence-electron chi connectivity index (χ2n) is 5.51. The molecule has 1 aliphatic rings. The number of hydrogen-bond donors (Lipinski definition) is 0. The van der Waals surface area contributed by atoms with Gasteiger partial charge in [0.1, 0.15) is 0 Å². The maximum Gasteiger partial charge on any atom is 0.253 e. The molecule has 3 aromatic rings. The number of benzene rings is 1. The Morgan fingerprint density at radius 3 is 2.44 bits per heavy atom. The van der Waals surface area contributed by atoms with Gasteiger partial charge in [-0.2, -0.15) is 0 Å². The van der Waals surface area contributed by atoms with Crippen molar-refractivity contribution in [3.05, 3.63) is 60.4 Å². The predicted molar refractivity (Wildman–Crippen MR) is 94.8 cm³/mol. The Kier molecular flexibility index (Phi) is 4.52. The van der Waals surface area contributed by atoms with Crippen LogP contribution in [-0.2, 0) is 21.1 Å². The summed E-state index contributed by atoms with van der Waals surface area (Å²) in [5, 5.41) is 8.66. The quantitative estimate of drug-likeness (QED) is 0.700. The van der Waals surface area contributed by atoms with Gasteiger partial charge >= 0.3 is 0 Å². The molecule has 4 rings (SSSR count). The predicted octanol–water partition coefficient (Wildman–Crippen LogP) is 3.31. The van der Waals surface area contributed by atoms with Crippen molar-refractivity contribution >= 4 is 11.8 Å². The fraction of sp³-hybridized carbons (Fsp3) is 0.278. The van der Waals surface area contributed by atoms with Gasteiger partial charge in [-0.25, -0.2) is 0 Å². The standard InChI is InChI=1S/C18H18N4O2S/c1-2-22-16(14-8-10-19-11-9-14)20-21-17(22)25-18(23-12-13-24-18)15-6-4-3-5-7-15/h3-11H,2,12-13H2,1H3. The van der Waals surface area contributed by atoms with Crippen molar-refractivity contribution in [2.24, 2.45) is 0 Å². The second-order valence-corrected chi connectivity index (χ2v) is 6.61. The molecule has 6 nitrogen and oxygen atoms in total. The molecule has 0 aliphatic carbocycles. The van der Waals surface area contributed by atoms with Gasteiger partial charge in [0.15, 0.2) is 11.0 Å². The number of pyridine rings is 1. The van der Waals surface area contributed by atoms with Crippen LogP contribution >= 0.6 is 11.8 Å². The van der Waals surface area contributed by atoms with E-state index in [1.165, 1.54) is 11.8 Å². The molecule has 0 amide bonds. The fourth-order valence-corrected chi connectivity index (χ4v) is 3.99. The summed E-state index contributed by atoms with van der Waals surface area (Å²) in [6.07, 6.45) is 3.51. The summed E-state index contributed by atoms with van der Waals surface area (Å²) in [6, 6.07) is 13.8. The summed E-state index contributed by atoms with van der Waals surface area (Å²) in [5.74, 6) is 0.814. The van der Waals surface area contributed by atoms with Gasteiger partial charge in [-0.05, 0) is 30.8 Å². The molecule has 25 heavy (non-hydrogen) atoms. The molecule has 1 fully saturated rings. The molecule has 0 spiro atoms. The van der Waals surface area contributed by atoms with Crippen LogP contribution in [0.4, 0.5) is 0 Å².